The van der Waals surface area contributed by atoms with Crippen LogP contribution in [0.1, 0.15) is 20.3 Å². The summed E-state index contributed by atoms with van der Waals surface area (Å²) in [6.45, 7) is 12.1. The molecule has 0 saturated carbocycles. The lowest BCUT2D eigenvalue weighted by atomic mass is 10.3. The summed E-state index contributed by atoms with van der Waals surface area (Å²) < 4.78 is 0. The van der Waals surface area contributed by atoms with Crippen molar-refractivity contribution in [1.82, 2.24) is 4.90 Å². The lowest BCUT2D eigenvalue weighted by molar-refractivity contribution is 0.310. The Kier molecular flexibility index (Phi) is 6.18. The van der Waals surface area contributed by atoms with Gasteiger partial charge in [-0.1, -0.05) is 19.1 Å². The van der Waals surface area contributed by atoms with Crippen LogP contribution in [0.4, 0.5) is 0 Å². The van der Waals surface area contributed by atoms with Crippen molar-refractivity contribution in [1.29, 1.82) is 0 Å². The molecule has 0 aliphatic carbocycles. The van der Waals surface area contributed by atoms with Gasteiger partial charge in [-0.05, 0) is 33.0 Å². The highest BCUT2D eigenvalue weighted by Crippen LogP contribution is 1.95. The van der Waals surface area contributed by atoms with Crippen molar-refractivity contribution < 1.29 is 0 Å². The summed E-state index contributed by atoms with van der Waals surface area (Å²) in [6, 6.07) is 0. The number of hydrogen-bond acceptors (Lipinski definition) is 2. The molecule has 2 N–H and O–H groups in total. The predicted octanol–water partition coefficient (Wildman–Crippen LogP) is 1.23. The molecule has 0 unspecified atom stereocenters. The minimum absolute atomic E-state index is 0.784. The highest BCUT2D eigenvalue weighted by Gasteiger charge is 1.99. The molecule has 0 fully saturated rings. The zero-order valence-electron chi connectivity index (χ0n) is 7.77. The van der Waals surface area contributed by atoms with E-state index in [9.17, 15) is 0 Å². The van der Waals surface area contributed by atoms with E-state index in [0.29, 0.717) is 0 Å². The van der Waals surface area contributed by atoms with E-state index >= 15 is 0 Å². The van der Waals surface area contributed by atoms with Gasteiger partial charge in [0.2, 0.25) is 0 Å². The summed E-state index contributed by atoms with van der Waals surface area (Å²) >= 11 is 0. The van der Waals surface area contributed by atoms with Crippen LogP contribution in [0.25, 0.3) is 0 Å². The van der Waals surface area contributed by atoms with Gasteiger partial charge in [0, 0.05) is 6.54 Å². The summed E-state index contributed by atoms with van der Waals surface area (Å²) in [5.74, 6) is 0. The van der Waals surface area contributed by atoms with E-state index in [0.717, 1.165) is 32.6 Å². The molecule has 2 nitrogen and oxygen atoms in total. The SMILES string of the molecule is C=C(C)CN(CC)CCCN. The molecule has 11 heavy (non-hydrogen) atoms. The summed E-state index contributed by atoms with van der Waals surface area (Å²) in [5.41, 5.74) is 6.64. The maximum atomic E-state index is 5.41. The Labute approximate surface area is 70.1 Å². The van der Waals surface area contributed by atoms with E-state index < -0.39 is 0 Å². The molecule has 0 aromatic heterocycles. The molecule has 0 saturated heterocycles. The number of hydrogen-bond donors (Lipinski definition) is 1. The van der Waals surface area contributed by atoms with Gasteiger partial charge in [0.25, 0.3) is 0 Å². The lowest BCUT2D eigenvalue weighted by Gasteiger charge is -2.19. The average molecular weight is 156 g/mol. The molecular formula is C9H20N2. The van der Waals surface area contributed by atoms with E-state index in [1.54, 1.807) is 0 Å². The van der Waals surface area contributed by atoms with Crippen molar-refractivity contribution in [2.24, 2.45) is 5.73 Å². The van der Waals surface area contributed by atoms with E-state index in [1.807, 2.05) is 0 Å². The third-order valence-corrected chi connectivity index (χ3v) is 1.62. The van der Waals surface area contributed by atoms with Crippen LogP contribution in [0.5, 0.6) is 0 Å². The first-order valence-electron chi connectivity index (χ1n) is 4.27. The highest BCUT2D eigenvalue weighted by molar-refractivity contribution is 4.91. The second-order valence-electron chi connectivity index (χ2n) is 2.97. The fourth-order valence-corrected chi connectivity index (χ4v) is 1.05. The minimum atomic E-state index is 0.784. The summed E-state index contributed by atoms with van der Waals surface area (Å²) in [4.78, 5) is 2.36. The van der Waals surface area contributed by atoms with Gasteiger partial charge >= 0.3 is 0 Å². The third kappa shape index (κ3) is 6.07. The van der Waals surface area contributed by atoms with Crippen LogP contribution in [0.2, 0.25) is 0 Å². The predicted molar refractivity (Wildman–Crippen MR) is 50.6 cm³/mol. The Morgan fingerprint density at radius 3 is 2.55 bits per heavy atom. The summed E-state index contributed by atoms with van der Waals surface area (Å²) in [7, 11) is 0. The average Bonchev–Trinajstić information content (AvgIpc) is 1.97. The van der Waals surface area contributed by atoms with Crippen LogP contribution < -0.4 is 5.73 Å². The van der Waals surface area contributed by atoms with Crippen molar-refractivity contribution in [3.63, 3.8) is 0 Å². The quantitative estimate of drug-likeness (QED) is 0.586. The standard InChI is InChI=1S/C9H20N2/c1-4-11(7-5-6-10)8-9(2)3/h2,4-8,10H2,1,3H3. The van der Waals surface area contributed by atoms with Gasteiger partial charge in [-0.2, -0.15) is 0 Å². The zero-order valence-corrected chi connectivity index (χ0v) is 7.77. The van der Waals surface area contributed by atoms with Crippen molar-refractivity contribution in [3.05, 3.63) is 12.2 Å². The summed E-state index contributed by atoms with van der Waals surface area (Å²) in [5, 5.41) is 0. The molecule has 2 heteroatoms. The number of rotatable bonds is 6. The molecule has 0 heterocycles. The molecule has 0 atom stereocenters. The van der Waals surface area contributed by atoms with Gasteiger partial charge in [0.05, 0.1) is 0 Å². The molecule has 0 bridgehead atoms. The van der Waals surface area contributed by atoms with Crippen molar-refractivity contribution in [2.45, 2.75) is 20.3 Å². The topological polar surface area (TPSA) is 29.3 Å². The molecular weight excluding hydrogens is 136 g/mol. The molecule has 0 radical (unpaired) electrons. The first-order valence-corrected chi connectivity index (χ1v) is 4.27. The van der Waals surface area contributed by atoms with Crippen LogP contribution in [-0.2, 0) is 0 Å². The largest absolute Gasteiger partial charge is 0.330 e. The van der Waals surface area contributed by atoms with Crippen LogP contribution in [-0.4, -0.2) is 31.1 Å². The fraction of sp³-hybridized carbons (Fsp3) is 0.778. The van der Waals surface area contributed by atoms with Gasteiger partial charge < -0.3 is 5.73 Å². The van der Waals surface area contributed by atoms with Gasteiger partial charge in [0.15, 0.2) is 0 Å². The molecule has 0 aromatic rings. The number of nitrogens with zero attached hydrogens (tertiary/aromatic N) is 1. The fourth-order valence-electron chi connectivity index (χ4n) is 1.05. The monoisotopic (exact) mass is 156 g/mol. The Hall–Kier alpha value is -0.340. The van der Waals surface area contributed by atoms with Gasteiger partial charge in [-0.25, -0.2) is 0 Å². The Morgan fingerprint density at radius 2 is 2.18 bits per heavy atom. The van der Waals surface area contributed by atoms with E-state index in [2.05, 4.69) is 25.3 Å². The Bertz CT molecular complexity index is 110. The normalized spacial score (nSPS) is 10.5. The van der Waals surface area contributed by atoms with Crippen molar-refractivity contribution in [2.75, 3.05) is 26.2 Å². The molecule has 0 aliphatic heterocycles. The second kappa shape index (κ2) is 6.38. The molecule has 0 rings (SSSR count). The van der Waals surface area contributed by atoms with E-state index in [4.69, 9.17) is 5.73 Å². The molecule has 0 spiro atoms. The Balaban J connectivity index is 3.49. The zero-order chi connectivity index (χ0) is 8.69. The summed E-state index contributed by atoms with van der Waals surface area (Å²) in [6.07, 6.45) is 1.08. The molecule has 0 amide bonds. The number of likely N-dealkylation sites (N-methyl/N-ethyl adjacent to an activating group) is 1. The second-order valence-corrected chi connectivity index (χ2v) is 2.97. The number of nitrogens with two attached hydrogens (primary N) is 1. The van der Waals surface area contributed by atoms with Crippen LogP contribution >= 0.6 is 0 Å². The lowest BCUT2D eigenvalue weighted by Crippen LogP contribution is -2.27. The smallest absolute Gasteiger partial charge is 0.0187 e. The van der Waals surface area contributed by atoms with Gasteiger partial charge in [-0.15, -0.1) is 0 Å². The molecule has 0 aliphatic rings. The maximum Gasteiger partial charge on any atom is 0.0187 e. The minimum Gasteiger partial charge on any atom is -0.330 e. The van der Waals surface area contributed by atoms with Crippen molar-refractivity contribution >= 4 is 0 Å². The van der Waals surface area contributed by atoms with Crippen LogP contribution in [0.15, 0.2) is 12.2 Å². The third-order valence-electron chi connectivity index (χ3n) is 1.62. The van der Waals surface area contributed by atoms with E-state index in [-0.39, 0.29) is 0 Å². The first-order chi connectivity index (χ1) is 5.20. The van der Waals surface area contributed by atoms with Crippen LogP contribution in [0, 0.1) is 0 Å². The van der Waals surface area contributed by atoms with Gasteiger partial charge in [0.1, 0.15) is 0 Å². The van der Waals surface area contributed by atoms with Gasteiger partial charge in [-0.3, -0.25) is 4.90 Å². The first kappa shape index (κ1) is 10.7. The molecule has 66 valence electrons. The highest BCUT2D eigenvalue weighted by atomic mass is 15.1. The molecule has 0 aromatic carbocycles. The van der Waals surface area contributed by atoms with Crippen LogP contribution in [0.3, 0.4) is 0 Å². The van der Waals surface area contributed by atoms with E-state index in [1.165, 1.54) is 5.57 Å². The Morgan fingerprint density at radius 1 is 1.55 bits per heavy atom. The maximum absolute atomic E-state index is 5.41. The van der Waals surface area contributed by atoms with Crippen molar-refractivity contribution in [3.8, 4) is 0 Å².